The zero-order chi connectivity index (χ0) is 16.8. The second kappa shape index (κ2) is 5.72. The van der Waals surface area contributed by atoms with Crippen LogP contribution in [-0.2, 0) is 4.79 Å². The van der Waals surface area contributed by atoms with Crippen molar-refractivity contribution in [3.8, 4) is 0 Å². The molecule has 3 aliphatic rings. The highest BCUT2D eigenvalue weighted by Crippen LogP contribution is 2.53. The third-order valence-corrected chi connectivity index (χ3v) is 5.58. The van der Waals surface area contributed by atoms with Gasteiger partial charge in [0.15, 0.2) is 0 Å². The first-order valence-corrected chi connectivity index (χ1v) is 8.84. The Balaban J connectivity index is 1.64. The number of carbonyl (C=O) groups excluding carboxylic acids is 1. The van der Waals surface area contributed by atoms with E-state index in [-0.39, 0.29) is 17.4 Å². The highest BCUT2D eigenvalue weighted by molar-refractivity contribution is 5.85. The molecular weight excluding hydrogens is 302 g/mol. The van der Waals surface area contributed by atoms with Crippen LogP contribution in [0.25, 0.3) is 10.9 Å². The van der Waals surface area contributed by atoms with Crippen molar-refractivity contribution >= 4 is 16.8 Å². The maximum absolute atomic E-state index is 12.8. The number of amides is 1. The van der Waals surface area contributed by atoms with Crippen molar-refractivity contribution in [2.75, 3.05) is 5.43 Å². The average molecular weight is 325 g/mol. The smallest absolute Gasteiger partial charge is 0.273 e. The molecular formula is C19H23N3O2. The number of para-hydroxylation sites is 1. The Hall–Kier alpha value is -2.17. The number of carbonyl (C=O) groups is 1. The molecule has 5 rings (SSSR count). The van der Waals surface area contributed by atoms with Crippen molar-refractivity contribution in [1.29, 1.82) is 0 Å². The van der Waals surface area contributed by atoms with E-state index in [2.05, 4.69) is 10.4 Å². The fourth-order valence-electron chi connectivity index (χ4n) is 4.29. The lowest BCUT2D eigenvalue weighted by Crippen LogP contribution is -2.37. The number of hydrogen-bond acceptors (Lipinski definition) is 3. The molecule has 24 heavy (non-hydrogen) atoms. The molecule has 0 saturated heterocycles. The van der Waals surface area contributed by atoms with Crippen molar-refractivity contribution < 1.29 is 4.79 Å². The van der Waals surface area contributed by atoms with Crippen LogP contribution in [0.1, 0.15) is 51.3 Å². The van der Waals surface area contributed by atoms with E-state index in [1.165, 1.54) is 23.9 Å². The third-order valence-electron chi connectivity index (χ3n) is 5.58. The minimum Gasteiger partial charge on any atom is -0.273 e. The van der Waals surface area contributed by atoms with Crippen molar-refractivity contribution in [3.63, 3.8) is 0 Å². The van der Waals surface area contributed by atoms with Crippen molar-refractivity contribution in [2.45, 2.75) is 45.4 Å². The molecule has 1 atom stereocenters. The first kappa shape index (κ1) is 15.4. The Bertz CT molecular complexity index is 849. The Morgan fingerprint density at radius 1 is 1.29 bits per heavy atom. The highest BCUT2D eigenvalue weighted by atomic mass is 16.2. The van der Waals surface area contributed by atoms with E-state index >= 15 is 0 Å². The lowest BCUT2D eigenvalue weighted by Gasteiger charge is -2.24. The summed E-state index contributed by atoms with van der Waals surface area (Å²) in [7, 11) is 0. The van der Waals surface area contributed by atoms with Gasteiger partial charge in [0.2, 0.25) is 5.91 Å². The van der Waals surface area contributed by atoms with Crippen LogP contribution >= 0.6 is 0 Å². The molecule has 0 radical (unpaired) electrons. The molecule has 1 heterocycles. The molecule has 1 aromatic heterocycles. The number of nitrogens with one attached hydrogen (secondary N) is 1. The van der Waals surface area contributed by atoms with Gasteiger partial charge >= 0.3 is 0 Å². The molecule has 1 unspecified atom stereocenters. The zero-order valence-corrected chi connectivity index (χ0v) is 14.2. The first-order valence-electron chi connectivity index (χ1n) is 8.84. The van der Waals surface area contributed by atoms with Crippen LogP contribution < -0.4 is 11.0 Å². The lowest BCUT2D eigenvalue weighted by atomic mass is 9.82. The van der Waals surface area contributed by atoms with Crippen molar-refractivity contribution in [2.24, 2.45) is 17.8 Å². The average Bonchev–Trinajstić information content (AvgIpc) is 3.08. The summed E-state index contributed by atoms with van der Waals surface area (Å²) in [6.07, 6.45) is 4.25. The van der Waals surface area contributed by atoms with Gasteiger partial charge in [0.1, 0.15) is 5.82 Å². The second-order valence-electron chi connectivity index (χ2n) is 7.61. The van der Waals surface area contributed by atoms with E-state index in [1.807, 2.05) is 32.0 Å². The molecule has 3 fully saturated rings. The van der Waals surface area contributed by atoms with Gasteiger partial charge in [0.25, 0.3) is 5.56 Å². The fourth-order valence-corrected chi connectivity index (χ4v) is 4.29. The van der Waals surface area contributed by atoms with Crippen LogP contribution in [0.3, 0.4) is 0 Å². The van der Waals surface area contributed by atoms with E-state index in [0.717, 1.165) is 11.8 Å². The Kier molecular flexibility index (Phi) is 3.66. The molecule has 5 heteroatoms. The van der Waals surface area contributed by atoms with Gasteiger partial charge in [0, 0.05) is 12.3 Å². The van der Waals surface area contributed by atoms with Gasteiger partial charge in [-0.15, -0.1) is 0 Å². The van der Waals surface area contributed by atoms with E-state index in [0.29, 0.717) is 29.1 Å². The molecule has 1 aromatic carbocycles. The molecule has 3 saturated carbocycles. The largest absolute Gasteiger partial charge is 0.280 e. The molecule has 1 N–H and O–H groups in total. The molecule has 2 bridgehead atoms. The first-order chi connectivity index (χ1) is 11.5. The topological polar surface area (TPSA) is 64.0 Å². The molecule has 3 aliphatic carbocycles. The predicted molar refractivity (Wildman–Crippen MR) is 93.4 cm³/mol. The van der Waals surface area contributed by atoms with Gasteiger partial charge in [-0.05, 0) is 49.1 Å². The maximum atomic E-state index is 12.8. The summed E-state index contributed by atoms with van der Waals surface area (Å²) < 4.78 is 1.36. The lowest BCUT2D eigenvalue weighted by molar-refractivity contribution is -0.118. The summed E-state index contributed by atoms with van der Waals surface area (Å²) in [6.45, 7) is 3.95. The SMILES string of the molecule is CC(C)c1nc2ccccc2c(=O)n1NC(=O)CC1CC2CC1C2. The minimum absolute atomic E-state index is 0.0434. The second-order valence-corrected chi connectivity index (χ2v) is 7.61. The van der Waals surface area contributed by atoms with Gasteiger partial charge in [-0.3, -0.25) is 15.0 Å². The number of nitrogens with zero attached hydrogens (tertiary/aromatic N) is 2. The maximum Gasteiger partial charge on any atom is 0.280 e. The third kappa shape index (κ3) is 2.52. The predicted octanol–water partition coefficient (Wildman–Crippen LogP) is 3.03. The number of hydrogen-bond donors (Lipinski definition) is 1. The van der Waals surface area contributed by atoms with E-state index < -0.39 is 0 Å². The molecule has 0 spiro atoms. The van der Waals surface area contributed by atoms with Gasteiger partial charge < -0.3 is 0 Å². The summed E-state index contributed by atoms with van der Waals surface area (Å²) in [5, 5.41) is 0.533. The van der Waals surface area contributed by atoms with Crippen LogP contribution in [0, 0.1) is 17.8 Å². The van der Waals surface area contributed by atoms with Gasteiger partial charge in [0.05, 0.1) is 10.9 Å². The highest BCUT2D eigenvalue weighted by Gasteiger charge is 2.44. The van der Waals surface area contributed by atoms with Crippen LogP contribution in [0.2, 0.25) is 0 Å². The normalized spacial score (nSPS) is 25.0. The number of fused-ring (bicyclic) bond motifs is 2. The molecule has 0 aliphatic heterocycles. The monoisotopic (exact) mass is 325 g/mol. The van der Waals surface area contributed by atoms with Crippen LogP contribution in [-0.4, -0.2) is 15.6 Å². The summed E-state index contributed by atoms with van der Waals surface area (Å²) >= 11 is 0. The molecule has 5 nitrogen and oxygen atoms in total. The fraction of sp³-hybridized carbons (Fsp3) is 0.526. The van der Waals surface area contributed by atoms with Gasteiger partial charge in [-0.2, -0.15) is 0 Å². The summed E-state index contributed by atoms with van der Waals surface area (Å²) in [4.78, 5) is 29.9. The number of benzene rings is 1. The summed E-state index contributed by atoms with van der Waals surface area (Å²) in [5.41, 5.74) is 3.29. The number of aromatic nitrogens is 2. The Labute approximate surface area is 141 Å². The van der Waals surface area contributed by atoms with E-state index in [9.17, 15) is 9.59 Å². The van der Waals surface area contributed by atoms with Crippen molar-refractivity contribution in [3.05, 3.63) is 40.4 Å². The van der Waals surface area contributed by atoms with Gasteiger partial charge in [-0.25, -0.2) is 9.66 Å². The van der Waals surface area contributed by atoms with E-state index in [1.54, 1.807) is 6.07 Å². The van der Waals surface area contributed by atoms with Crippen molar-refractivity contribution in [1.82, 2.24) is 9.66 Å². The van der Waals surface area contributed by atoms with E-state index in [4.69, 9.17) is 0 Å². The van der Waals surface area contributed by atoms with Crippen LogP contribution in [0.4, 0.5) is 0 Å². The summed E-state index contributed by atoms with van der Waals surface area (Å²) in [5.74, 6) is 2.61. The standard InChI is InChI=1S/C19H23N3O2/c1-11(2)18-20-16-6-4-3-5-15(16)19(24)22(18)21-17(23)10-14-9-12-7-13(14)8-12/h3-6,11-14H,7-10H2,1-2H3,(H,21,23). The van der Waals surface area contributed by atoms with Gasteiger partial charge in [-0.1, -0.05) is 26.0 Å². The molecule has 2 aromatic rings. The molecule has 1 amide bonds. The van der Waals surface area contributed by atoms with Crippen LogP contribution in [0.15, 0.2) is 29.1 Å². The quantitative estimate of drug-likeness (QED) is 0.940. The minimum atomic E-state index is -0.201. The zero-order valence-electron chi connectivity index (χ0n) is 14.2. The Morgan fingerprint density at radius 3 is 2.71 bits per heavy atom. The summed E-state index contributed by atoms with van der Waals surface area (Å²) in [6, 6.07) is 7.27. The number of rotatable bonds is 4. The Morgan fingerprint density at radius 2 is 2.04 bits per heavy atom. The molecule has 126 valence electrons. The van der Waals surface area contributed by atoms with Crippen LogP contribution in [0.5, 0.6) is 0 Å².